The number of benzene rings is 1. The number of carboxylic acid groups (broad SMARTS) is 1. The molecule has 0 aromatic heterocycles. The molecule has 0 aliphatic carbocycles. The van der Waals surface area contributed by atoms with Gasteiger partial charge in [0.1, 0.15) is 0 Å². The van der Waals surface area contributed by atoms with E-state index in [9.17, 15) is 9.18 Å². The van der Waals surface area contributed by atoms with Gasteiger partial charge in [0.05, 0.1) is 7.11 Å². The van der Waals surface area contributed by atoms with Crippen LogP contribution in [0.15, 0.2) is 18.2 Å². The highest BCUT2D eigenvalue weighted by atomic mass is 19.1. The van der Waals surface area contributed by atoms with Crippen molar-refractivity contribution in [2.45, 2.75) is 6.10 Å². The maximum absolute atomic E-state index is 13.0. The Labute approximate surface area is 79.6 Å². The lowest BCUT2D eigenvalue weighted by Gasteiger charge is -2.07. The van der Waals surface area contributed by atoms with Crippen molar-refractivity contribution >= 4 is 5.97 Å². The van der Waals surface area contributed by atoms with Crippen LogP contribution in [0.25, 0.3) is 0 Å². The van der Waals surface area contributed by atoms with Gasteiger partial charge in [-0.05, 0) is 17.7 Å². The molecule has 1 aromatic rings. The summed E-state index contributed by atoms with van der Waals surface area (Å²) in [5, 5.41) is 17.5. The molecular weight excluding hydrogens is 191 g/mol. The first-order valence-corrected chi connectivity index (χ1v) is 3.80. The lowest BCUT2D eigenvalue weighted by molar-refractivity contribution is -0.146. The van der Waals surface area contributed by atoms with Crippen LogP contribution in [-0.4, -0.2) is 23.3 Å². The number of halogens is 1. The standard InChI is InChI=1S/C9H9FO4/c1-14-7-3-2-5(4-6(7)10)8(11)9(12)13/h2-4,8,11H,1H3,(H,12,13)/t8-/m1/s1. The highest BCUT2D eigenvalue weighted by molar-refractivity contribution is 5.74. The number of aliphatic hydroxyl groups is 1. The van der Waals surface area contributed by atoms with E-state index in [0.29, 0.717) is 0 Å². The second kappa shape index (κ2) is 4.06. The Hall–Kier alpha value is -1.62. The minimum atomic E-state index is -1.71. The van der Waals surface area contributed by atoms with Gasteiger partial charge in [0.2, 0.25) is 0 Å². The summed E-state index contributed by atoms with van der Waals surface area (Å²) in [6.45, 7) is 0. The zero-order chi connectivity index (χ0) is 10.7. The second-order valence-electron chi connectivity index (χ2n) is 2.63. The maximum atomic E-state index is 13.0. The summed E-state index contributed by atoms with van der Waals surface area (Å²) in [6.07, 6.45) is -1.71. The Morgan fingerprint density at radius 1 is 1.57 bits per heavy atom. The molecule has 0 spiro atoms. The van der Waals surface area contributed by atoms with E-state index >= 15 is 0 Å². The van der Waals surface area contributed by atoms with E-state index in [1.54, 1.807) is 0 Å². The molecule has 0 saturated heterocycles. The fourth-order valence-electron chi connectivity index (χ4n) is 0.995. The summed E-state index contributed by atoms with van der Waals surface area (Å²) in [6, 6.07) is 3.48. The summed E-state index contributed by atoms with van der Waals surface area (Å²) >= 11 is 0. The Morgan fingerprint density at radius 2 is 2.21 bits per heavy atom. The summed E-state index contributed by atoms with van der Waals surface area (Å²) in [7, 11) is 1.30. The maximum Gasteiger partial charge on any atom is 0.337 e. The van der Waals surface area contributed by atoms with Gasteiger partial charge in [-0.2, -0.15) is 0 Å². The number of carboxylic acids is 1. The van der Waals surface area contributed by atoms with Crippen molar-refractivity contribution in [1.82, 2.24) is 0 Å². The van der Waals surface area contributed by atoms with Crippen molar-refractivity contribution in [3.8, 4) is 5.75 Å². The largest absolute Gasteiger partial charge is 0.494 e. The lowest BCUT2D eigenvalue weighted by atomic mass is 10.1. The third kappa shape index (κ3) is 2.00. The van der Waals surface area contributed by atoms with Gasteiger partial charge in [-0.15, -0.1) is 0 Å². The van der Waals surface area contributed by atoms with Crippen molar-refractivity contribution in [1.29, 1.82) is 0 Å². The number of aliphatic hydroxyl groups excluding tert-OH is 1. The van der Waals surface area contributed by atoms with E-state index in [-0.39, 0.29) is 11.3 Å². The van der Waals surface area contributed by atoms with Crippen LogP contribution >= 0.6 is 0 Å². The lowest BCUT2D eigenvalue weighted by Crippen LogP contribution is -2.10. The predicted octanol–water partition coefficient (Wildman–Crippen LogP) is 0.952. The SMILES string of the molecule is COc1ccc([C@@H](O)C(=O)O)cc1F. The van der Waals surface area contributed by atoms with Crippen LogP contribution in [0, 0.1) is 5.82 Å². The van der Waals surface area contributed by atoms with E-state index in [4.69, 9.17) is 10.2 Å². The molecule has 2 N–H and O–H groups in total. The Balaban J connectivity index is 3.02. The molecule has 1 aromatic carbocycles. The van der Waals surface area contributed by atoms with E-state index < -0.39 is 17.9 Å². The average molecular weight is 200 g/mol. The van der Waals surface area contributed by atoms with Gasteiger partial charge in [-0.25, -0.2) is 9.18 Å². The molecule has 5 heteroatoms. The van der Waals surface area contributed by atoms with Crippen molar-refractivity contribution in [3.63, 3.8) is 0 Å². The van der Waals surface area contributed by atoms with Crippen LogP contribution < -0.4 is 4.74 Å². The first kappa shape index (κ1) is 10.5. The first-order chi connectivity index (χ1) is 6.56. The summed E-state index contributed by atoms with van der Waals surface area (Å²) < 4.78 is 17.7. The molecule has 0 heterocycles. The fraction of sp³-hybridized carbons (Fsp3) is 0.222. The normalized spacial score (nSPS) is 12.2. The minimum absolute atomic E-state index is 0.00587. The predicted molar refractivity (Wildman–Crippen MR) is 45.5 cm³/mol. The highest BCUT2D eigenvalue weighted by Crippen LogP contribution is 2.21. The van der Waals surface area contributed by atoms with Gasteiger partial charge in [-0.1, -0.05) is 6.07 Å². The molecule has 0 saturated carbocycles. The van der Waals surface area contributed by atoms with Crippen molar-refractivity contribution in [2.75, 3.05) is 7.11 Å². The number of aliphatic carboxylic acids is 1. The van der Waals surface area contributed by atoms with Crippen molar-refractivity contribution in [3.05, 3.63) is 29.6 Å². The molecule has 0 fully saturated rings. The van der Waals surface area contributed by atoms with Crippen LogP contribution in [-0.2, 0) is 4.79 Å². The number of rotatable bonds is 3. The number of carbonyl (C=O) groups is 1. The Bertz CT molecular complexity index is 351. The van der Waals surface area contributed by atoms with Crippen LogP contribution in [0.5, 0.6) is 5.75 Å². The minimum Gasteiger partial charge on any atom is -0.494 e. The van der Waals surface area contributed by atoms with Crippen molar-refractivity contribution < 1.29 is 24.1 Å². The molecule has 0 amide bonds. The number of ether oxygens (including phenoxy) is 1. The van der Waals surface area contributed by atoms with Crippen LogP contribution in [0.3, 0.4) is 0 Å². The van der Waals surface area contributed by atoms with Crippen LogP contribution in [0.2, 0.25) is 0 Å². The molecule has 0 unspecified atom stereocenters. The van der Waals surface area contributed by atoms with E-state index in [1.807, 2.05) is 0 Å². The van der Waals surface area contributed by atoms with Gasteiger partial charge < -0.3 is 14.9 Å². The molecule has 0 aliphatic heterocycles. The highest BCUT2D eigenvalue weighted by Gasteiger charge is 2.17. The molecule has 1 atom stereocenters. The number of methoxy groups -OCH3 is 1. The fourth-order valence-corrected chi connectivity index (χ4v) is 0.995. The smallest absolute Gasteiger partial charge is 0.337 e. The van der Waals surface area contributed by atoms with Crippen LogP contribution in [0.4, 0.5) is 4.39 Å². The van der Waals surface area contributed by atoms with E-state index in [0.717, 1.165) is 6.07 Å². The molecule has 0 radical (unpaired) electrons. The second-order valence-corrected chi connectivity index (χ2v) is 2.63. The molecule has 14 heavy (non-hydrogen) atoms. The van der Waals surface area contributed by atoms with Gasteiger partial charge in [0, 0.05) is 0 Å². The first-order valence-electron chi connectivity index (χ1n) is 3.80. The monoisotopic (exact) mass is 200 g/mol. The third-order valence-electron chi connectivity index (χ3n) is 1.73. The zero-order valence-corrected chi connectivity index (χ0v) is 7.40. The van der Waals surface area contributed by atoms with E-state index in [2.05, 4.69) is 4.74 Å². The summed E-state index contributed by atoms with van der Waals surface area (Å²) in [4.78, 5) is 10.4. The molecule has 1 rings (SSSR count). The summed E-state index contributed by atoms with van der Waals surface area (Å²) in [5.74, 6) is -2.12. The molecule has 76 valence electrons. The Kier molecular flexibility index (Phi) is 3.03. The van der Waals surface area contributed by atoms with Crippen LogP contribution in [0.1, 0.15) is 11.7 Å². The average Bonchev–Trinajstić information content (AvgIpc) is 2.16. The zero-order valence-electron chi connectivity index (χ0n) is 7.40. The van der Waals surface area contributed by atoms with E-state index in [1.165, 1.54) is 19.2 Å². The van der Waals surface area contributed by atoms with Crippen molar-refractivity contribution in [2.24, 2.45) is 0 Å². The third-order valence-corrected chi connectivity index (χ3v) is 1.73. The van der Waals surface area contributed by atoms with Gasteiger partial charge in [0.25, 0.3) is 0 Å². The summed E-state index contributed by atoms with van der Waals surface area (Å²) in [5.41, 5.74) is -0.0178. The van der Waals surface area contributed by atoms with Gasteiger partial charge in [0.15, 0.2) is 17.7 Å². The topological polar surface area (TPSA) is 66.8 Å². The molecule has 0 aliphatic rings. The Morgan fingerprint density at radius 3 is 2.64 bits per heavy atom. The van der Waals surface area contributed by atoms with Gasteiger partial charge >= 0.3 is 5.97 Å². The number of hydrogen-bond acceptors (Lipinski definition) is 3. The molecule has 4 nitrogen and oxygen atoms in total. The number of hydrogen-bond donors (Lipinski definition) is 2. The molecular formula is C9H9FO4. The quantitative estimate of drug-likeness (QED) is 0.762. The van der Waals surface area contributed by atoms with Gasteiger partial charge in [-0.3, -0.25) is 0 Å². The molecule has 0 bridgehead atoms.